The highest BCUT2D eigenvalue weighted by atomic mass is 19.1. The summed E-state index contributed by atoms with van der Waals surface area (Å²) in [6.45, 7) is 2.91. The Morgan fingerprint density at radius 3 is 2.17 bits per heavy atom. The Morgan fingerprint density at radius 1 is 0.967 bits per heavy atom. The number of nitrogens with zero attached hydrogens (tertiary/aromatic N) is 2. The van der Waals surface area contributed by atoms with E-state index in [0.29, 0.717) is 18.2 Å². The van der Waals surface area contributed by atoms with Crippen LogP contribution in [0.4, 0.5) is 4.39 Å². The average Bonchev–Trinajstić information content (AvgIpc) is 3.11. The lowest BCUT2D eigenvalue weighted by Crippen LogP contribution is -2.45. The second kappa shape index (κ2) is 10.2. The minimum absolute atomic E-state index is 0.0220. The molecule has 0 saturated carbocycles. The molecular formula is C23H27FN2O4. The first-order chi connectivity index (χ1) is 14.5. The minimum atomic E-state index is -0.250. The zero-order chi connectivity index (χ0) is 21.5. The number of hydrogen-bond acceptors (Lipinski definition) is 4. The van der Waals surface area contributed by atoms with Crippen LogP contribution in [0, 0.1) is 5.82 Å². The average molecular weight is 414 g/mol. The maximum Gasteiger partial charge on any atom is 0.290 e. The first kappa shape index (κ1) is 21.8. The summed E-state index contributed by atoms with van der Waals surface area (Å²) in [5.41, 5.74) is 2.24. The second-order valence-corrected chi connectivity index (χ2v) is 7.70. The van der Waals surface area contributed by atoms with Gasteiger partial charge in [0.05, 0.1) is 6.04 Å². The van der Waals surface area contributed by atoms with Gasteiger partial charge in [-0.15, -0.1) is 0 Å². The van der Waals surface area contributed by atoms with Gasteiger partial charge < -0.3 is 15.1 Å². The van der Waals surface area contributed by atoms with E-state index < -0.39 is 0 Å². The third kappa shape index (κ3) is 5.36. The van der Waals surface area contributed by atoms with Gasteiger partial charge in [0.1, 0.15) is 11.6 Å². The van der Waals surface area contributed by atoms with Gasteiger partial charge in [0.25, 0.3) is 6.47 Å². The normalized spacial score (nSPS) is 20.0. The molecule has 2 aromatic carbocycles. The van der Waals surface area contributed by atoms with Crippen LogP contribution in [0.2, 0.25) is 0 Å². The van der Waals surface area contributed by atoms with E-state index in [9.17, 15) is 14.3 Å². The summed E-state index contributed by atoms with van der Waals surface area (Å²) in [4.78, 5) is 25.4. The van der Waals surface area contributed by atoms with Crippen molar-refractivity contribution in [2.45, 2.75) is 37.8 Å². The number of carboxylic acid groups (broad SMARTS) is 1. The monoisotopic (exact) mass is 414 g/mol. The molecule has 2 aliphatic heterocycles. The Kier molecular flexibility index (Phi) is 7.41. The van der Waals surface area contributed by atoms with E-state index in [-0.39, 0.29) is 24.2 Å². The van der Waals surface area contributed by atoms with Gasteiger partial charge >= 0.3 is 0 Å². The van der Waals surface area contributed by atoms with Gasteiger partial charge in [-0.3, -0.25) is 14.5 Å². The van der Waals surface area contributed by atoms with Crippen molar-refractivity contribution in [1.82, 2.24) is 9.80 Å². The molecule has 2 aromatic rings. The van der Waals surface area contributed by atoms with E-state index in [1.807, 2.05) is 17.0 Å². The lowest BCUT2D eigenvalue weighted by molar-refractivity contribution is -0.133. The molecule has 0 unspecified atom stereocenters. The number of phenols is 1. The van der Waals surface area contributed by atoms with Crippen molar-refractivity contribution in [2.24, 2.45) is 0 Å². The predicted octanol–water partition coefficient (Wildman–Crippen LogP) is 3.21. The molecular weight excluding hydrogens is 387 g/mol. The molecule has 4 rings (SSSR count). The van der Waals surface area contributed by atoms with Gasteiger partial charge in [-0.1, -0.05) is 24.3 Å². The SMILES string of the molecule is O=C1[C@H](N2CCC(c3ccc(O)cc3)CC2)CCN1Cc1ccc(F)cc1.O=CO. The van der Waals surface area contributed by atoms with Crippen LogP contribution < -0.4 is 0 Å². The van der Waals surface area contributed by atoms with Gasteiger partial charge in [0, 0.05) is 13.1 Å². The maximum atomic E-state index is 13.1. The molecule has 2 aliphatic rings. The van der Waals surface area contributed by atoms with Gasteiger partial charge in [-0.2, -0.15) is 0 Å². The molecule has 2 N–H and O–H groups in total. The van der Waals surface area contributed by atoms with Gasteiger partial charge in [-0.05, 0) is 73.7 Å². The quantitative estimate of drug-likeness (QED) is 0.751. The fourth-order valence-electron chi connectivity index (χ4n) is 4.32. The summed E-state index contributed by atoms with van der Waals surface area (Å²) in [5.74, 6) is 0.742. The minimum Gasteiger partial charge on any atom is -0.508 e. The predicted molar refractivity (Wildman–Crippen MR) is 111 cm³/mol. The second-order valence-electron chi connectivity index (χ2n) is 7.70. The fourth-order valence-corrected chi connectivity index (χ4v) is 4.32. The maximum absolute atomic E-state index is 13.1. The first-order valence-corrected chi connectivity index (χ1v) is 10.2. The highest BCUT2D eigenvalue weighted by molar-refractivity contribution is 5.84. The number of benzene rings is 2. The zero-order valence-electron chi connectivity index (χ0n) is 16.8. The van der Waals surface area contributed by atoms with Crippen LogP contribution in [0.25, 0.3) is 0 Å². The molecule has 30 heavy (non-hydrogen) atoms. The van der Waals surface area contributed by atoms with Gasteiger partial charge in [0.2, 0.25) is 5.91 Å². The molecule has 7 heteroatoms. The van der Waals surface area contributed by atoms with Crippen LogP contribution in [0.3, 0.4) is 0 Å². The van der Waals surface area contributed by atoms with E-state index in [4.69, 9.17) is 9.90 Å². The summed E-state index contributed by atoms with van der Waals surface area (Å²) in [5, 5.41) is 16.3. The van der Waals surface area contributed by atoms with Crippen LogP contribution in [0.15, 0.2) is 48.5 Å². The number of likely N-dealkylation sites (tertiary alicyclic amines) is 2. The van der Waals surface area contributed by atoms with Crippen molar-refractivity contribution < 1.29 is 24.2 Å². The Morgan fingerprint density at radius 2 is 1.57 bits per heavy atom. The van der Waals surface area contributed by atoms with Crippen LogP contribution >= 0.6 is 0 Å². The number of phenolic OH excluding ortho intramolecular Hbond substituents is 1. The Bertz CT molecular complexity index is 833. The number of hydrogen-bond donors (Lipinski definition) is 2. The molecule has 160 valence electrons. The summed E-state index contributed by atoms with van der Waals surface area (Å²) < 4.78 is 13.1. The molecule has 2 saturated heterocycles. The zero-order valence-corrected chi connectivity index (χ0v) is 16.8. The lowest BCUT2D eigenvalue weighted by atomic mass is 9.89. The molecule has 2 heterocycles. The summed E-state index contributed by atoms with van der Waals surface area (Å²) in [6, 6.07) is 13.9. The molecule has 0 bridgehead atoms. The van der Waals surface area contributed by atoms with Gasteiger partial charge in [-0.25, -0.2) is 4.39 Å². The van der Waals surface area contributed by atoms with Crippen LogP contribution in [0.1, 0.15) is 36.3 Å². The Labute approximate surface area is 175 Å². The van der Waals surface area contributed by atoms with Crippen molar-refractivity contribution in [3.8, 4) is 5.75 Å². The smallest absolute Gasteiger partial charge is 0.290 e. The van der Waals surface area contributed by atoms with Crippen molar-refractivity contribution in [2.75, 3.05) is 19.6 Å². The number of halogens is 1. The number of rotatable bonds is 4. The third-order valence-corrected chi connectivity index (χ3v) is 5.89. The molecule has 2 fully saturated rings. The third-order valence-electron chi connectivity index (χ3n) is 5.89. The first-order valence-electron chi connectivity index (χ1n) is 10.2. The summed E-state index contributed by atoms with van der Waals surface area (Å²) in [7, 11) is 0. The Balaban J connectivity index is 0.000000806. The fraction of sp³-hybridized carbons (Fsp3) is 0.391. The van der Waals surface area contributed by atoms with E-state index in [0.717, 1.165) is 44.5 Å². The van der Waals surface area contributed by atoms with Crippen LogP contribution in [0.5, 0.6) is 5.75 Å². The summed E-state index contributed by atoms with van der Waals surface area (Å²) >= 11 is 0. The number of carbonyl (C=O) groups excluding carboxylic acids is 1. The number of piperidine rings is 1. The molecule has 0 radical (unpaired) electrons. The number of amides is 1. The molecule has 0 aliphatic carbocycles. The van der Waals surface area contributed by atoms with E-state index in [2.05, 4.69) is 4.90 Å². The Hall–Kier alpha value is -2.93. The highest BCUT2D eigenvalue weighted by Gasteiger charge is 2.37. The lowest BCUT2D eigenvalue weighted by Gasteiger charge is -2.35. The van der Waals surface area contributed by atoms with E-state index >= 15 is 0 Å². The largest absolute Gasteiger partial charge is 0.508 e. The van der Waals surface area contributed by atoms with Crippen LogP contribution in [-0.4, -0.2) is 58.1 Å². The van der Waals surface area contributed by atoms with E-state index in [1.54, 1.807) is 24.3 Å². The number of aromatic hydroxyl groups is 1. The highest BCUT2D eigenvalue weighted by Crippen LogP contribution is 2.31. The molecule has 1 amide bonds. The van der Waals surface area contributed by atoms with Crippen molar-refractivity contribution in [3.05, 3.63) is 65.5 Å². The van der Waals surface area contributed by atoms with Crippen molar-refractivity contribution in [3.63, 3.8) is 0 Å². The molecule has 1 atom stereocenters. The molecule has 0 aromatic heterocycles. The topological polar surface area (TPSA) is 81.1 Å². The number of carbonyl (C=O) groups is 2. The van der Waals surface area contributed by atoms with Gasteiger partial charge in [0.15, 0.2) is 0 Å². The van der Waals surface area contributed by atoms with E-state index in [1.165, 1.54) is 17.7 Å². The molecule has 6 nitrogen and oxygen atoms in total. The summed E-state index contributed by atoms with van der Waals surface area (Å²) in [6.07, 6.45) is 2.93. The van der Waals surface area contributed by atoms with Crippen molar-refractivity contribution in [1.29, 1.82) is 0 Å². The van der Waals surface area contributed by atoms with Crippen LogP contribution in [-0.2, 0) is 16.1 Å². The van der Waals surface area contributed by atoms with Crippen molar-refractivity contribution >= 4 is 12.4 Å². The standard InChI is InChI=1S/C22H25FN2O2.CH2O2/c23-19-5-1-16(2-6-19)15-25-14-11-21(22(25)27)24-12-9-18(10-13-24)17-3-7-20(26)8-4-17;2-1-3/h1-8,18,21,26H,9-15H2;1H,(H,2,3)/t21-;/m1./s1. The molecule has 0 spiro atoms.